The number of para-hydroxylation sites is 1. The van der Waals surface area contributed by atoms with Crippen molar-refractivity contribution in [3.8, 4) is 61.3 Å². The van der Waals surface area contributed by atoms with Crippen molar-refractivity contribution in [1.82, 2.24) is 4.57 Å². The Morgan fingerprint density at radius 2 is 0.794 bits per heavy atom. The van der Waals surface area contributed by atoms with Gasteiger partial charge in [-0.3, -0.25) is 0 Å². The SMILES string of the molecule is Cc1ccc(-c2ccc3c(c2)C(C)(C)c2cc4c(cc2-3)C(C)(C)c2cc(-c3ccc(/C=C/c5ccc(-c6ccc7c(c6)c6ccccc6n7-c6ccc7ccccc7c6)cc5)cc3)ccc2-4)cc1. The molecule has 324 valence electrons. The van der Waals surface area contributed by atoms with E-state index in [1.165, 1.54) is 133 Å². The summed E-state index contributed by atoms with van der Waals surface area (Å²) in [5.74, 6) is 0. The third kappa shape index (κ3) is 6.30. The highest BCUT2D eigenvalue weighted by Gasteiger charge is 2.42. The molecule has 1 heteroatoms. The minimum atomic E-state index is -0.117. The van der Waals surface area contributed by atoms with Crippen molar-refractivity contribution in [2.24, 2.45) is 0 Å². The van der Waals surface area contributed by atoms with Crippen molar-refractivity contribution in [2.45, 2.75) is 45.4 Å². The Morgan fingerprint density at radius 1 is 0.338 bits per heavy atom. The zero-order chi connectivity index (χ0) is 45.9. The molecule has 1 heterocycles. The quantitative estimate of drug-likeness (QED) is 0.147. The van der Waals surface area contributed by atoms with Crippen LogP contribution >= 0.6 is 0 Å². The number of rotatable bonds is 6. The van der Waals surface area contributed by atoms with Gasteiger partial charge in [-0.1, -0.05) is 197 Å². The first-order valence-corrected chi connectivity index (χ1v) is 24.1. The first kappa shape index (κ1) is 40.3. The Morgan fingerprint density at radius 3 is 1.38 bits per heavy atom. The number of aromatic nitrogens is 1. The van der Waals surface area contributed by atoms with Crippen LogP contribution in [0.2, 0.25) is 0 Å². The van der Waals surface area contributed by atoms with Crippen molar-refractivity contribution < 1.29 is 0 Å². The first-order chi connectivity index (χ1) is 33.1. The molecule has 2 aliphatic rings. The Kier molecular flexibility index (Phi) is 8.89. The number of hydrogen-bond acceptors (Lipinski definition) is 0. The summed E-state index contributed by atoms with van der Waals surface area (Å²) in [7, 11) is 0. The van der Waals surface area contributed by atoms with E-state index in [0.29, 0.717) is 0 Å². The molecular formula is C67H51N. The summed E-state index contributed by atoms with van der Waals surface area (Å²) in [4.78, 5) is 0. The van der Waals surface area contributed by atoms with Crippen LogP contribution in [0.25, 0.3) is 106 Å². The molecule has 1 aromatic heterocycles. The lowest BCUT2D eigenvalue weighted by Crippen LogP contribution is -2.17. The average molecular weight is 870 g/mol. The second kappa shape index (κ2) is 15.0. The van der Waals surface area contributed by atoms with Gasteiger partial charge < -0.3 is 4.57 Å². The fourth-order valence-electron chi connectivity index (χ4n) is 11.6. The smallest absolute Gasteiger partial charge is 0.0541 e. The van der Waals surface area contributed by atoms with Crippen molar-refractivity contribution in [1.29, 1.82) is 0 Å². The van der Waals surface area contributed by atoms with E-state index in [0.717, 1.165) is 0 Å². The van der Waals surface area contributed by atoms with E-state index >= 15 is 0 Å². The molecule has 11 aromatic rings. The van der Waals surface area contributed by atoms with Gasteiger partial charge in [0.25, 0.3) is 0 Å². The van der Waals surface area contributed by atoms with Crippen LogP contribution in [-0.2, 0) is 10.8 Å². The summed E-state index contributed by atoms with van der Waals surface area (Å²) < 4.78 is 2.40. The predicted octanol–water partition coefficient (Wildman–Crippen LogP) is 18.0. The van der Waals surface area contributed by atoms with E-state index in [2.05, 4.69) is 258 Å². The van der Waals surface area contributed by atoms with Gasteiger partial charge in [0.15, 0.2) is 0 Å². The normalized spacial score (nSPS) is 14.1. The largest absolute Gasteiger partial charge is 0.309 e. The van der Waals surface area contributed by atoms with Crippen LogP contribution in [0.3, 0.4) is 0 Å². The van der Waals surface area contributed by atoms with Gasteiger partial charge in [-0.15, -0.1) is 0 Å². The number of aryl methyl sites for hydroxylation is 1. The molecule has 1 nitrogen and oxygen atoms in total. The van der Waals surface area contributed by atoms with Gasteiger partial charge in [0.1, 0.15) is 0 Å². The molecule has 0 aliphatic heterocycles. The zero-order valence-electron chi connectivity index (χ0n) is 39.2. The number of nitrogens with zero attached hydrogens (tertiary/aromatic N) is 1. The zero-order valence-corrected chi connectivity index (χ0v) is 39.2. The first-order valence-electron chi connectivity index (χ1n) is 24.1. The molecule has 0 N–H and O–H groups in total. The van der Waals surface area contributed by atoms with E-state index in [-0.39, 0.29) is 10.8 Å². The van der Waals surface area contributed by atoms with Crippen LogP contribution in [0.5, 0.6) is 0 Å². The molecule has 0 spiro atoms. The molecule has 0 unspecified atom stereocenters. The lowest BCUT2D eigenvalue weighted by Gasteiger charge is -2.24. The molecule has 0 bridgehead atoms. The van der Waals surface area contributed by atoms with E-state index in [1.54, 1.807) is 0 Å². The molecule has 10 aromatic carbocycles. The second-order valence-corrected chi connectivity index (χ2v) is 20.3. The van der Waals surface area contributed by atoms with Crippen LogP contribution in [0, 0.1) is 6.92 Å². The van der Waals surface area contributed by atoms with Gasteiger partial charge in [-0.2, -0.15) is 0 Å². The minimum absolute atomic E-state index is 0.0905. The lowest BCUT2D eigenvalue weighted by atomic mass is 9.79. The maximum atomic E-state index is 2.52. The molecule has 0 saturated heterocycles. The summed E-state index contributed by atoms with van der Waals surface area (Å²) in [5, 5.41) is 5.03. The van der Waals surface area contributed by atoms with Crippen molar-refractivity contribution in [2.75, 3.05) is 0 Å². The maximum absolute atomic E-state index is 2.52. The third-order valence-corrected chi connectivity index (χ3v) is 15.5. The predicted molar refractivity (Wildman–Crippen MR) is 290 cm³/mol. The highest BCUT2D eigenvalue weighted by molar-refractivity contribution is 6.10. The molecule has 0 atom stereocenters. The Balaban J connectivity index is 0.738. The Labute approximate surface area is 399 Å². The van der Waals surface area contributed by atoms with Gasteiger partial charge in [-0.25, -0.2) is 0 Å². The van der Waals surface area contributed by atoms with E-state index in [9.17, 15) is 0 Å². The molecule has 0 saturated carbocycles. The standard InChI is InChI=1S/C67H51N/c1-42-14-22-46(23-15-42)51-29-33-54-57-40-63-58(41-62(57)66(2,3)60(54)38-51)55-34-30-52(39-61(55)67(63,4)5)48-26-20-44(21-27-48)17-16-43-18-24-47(25-19-43)50-31-35-65-59(37-50)56-12-8-9-13-64(56)68(65)53-32-28-45-10-6-7-11-49(45)36-53/h6-41H,1-5H3/b17-16+. The van der Waals surface area contributed by atoms with Gasteiger partial charge in [0.05, 0.1) is 11.0 Å². The Bertz CT molecular complexity index is 3870. The van der Waals surface area contributed by atoms with E-state index in [4.69, 9.17) is 0 Å². The van der Waals surface area contributed by atoms with Gasteiger partial charge >= 0.3 is 0 Å². The monoisotopic (exact) mass is 869 g/mol. The van der Waals surface area contributed by atoms with Crippen molar-refractivity contribution in [3.63, 3.8) is 0 Å². The lowest BCUT2D eigenvalue weighted by molar-refractivity contribution is 0.652. The van der Waals surface area contributed by atoms with Crippen molar-refractivity contribution >= 4 is 44.7 Å². The number of benzene rings is 10. The number of fused-ring (bicyclic) bond motifs is 10. The number of hydrogen-bond donors (Lipinski definition) is 0. The highest BCUT2D eigenvalue weighted by atomic mass is 15.0. The summed E-state index contributed by atoms with van der Waals surface area (Å²) in [6.07, 6.45) is 4.44. The van der Waals surface area contributed by atoms with Crippen molar-refractivity contribution in [3.05, 3.63) is 245 Å². The molecule has 13 rings (SSSR count). The molecule has 0 amide bonds. The van der Waals surface area contributed by atoms with Gasteiger partial charge in [0, 0.05) is 27.3 Å². The molecule has 2 aliphatic carbocycles. The second-order valence-electron chi connectivity index (χ2n) is 20.3. The molecule has 68 heavy (non-hydrogen) atoms. The van der Waals surface area contributed by atoms with Gasteiger partial charge in [0.2, 0.25) is 0 Å². The summed E-state index contributed by atoms with van der Waals surface area (Å²) in [5.41, 5.74) is 25.7. The minimum Gasteiger partial charge on any atom is -0.309 e. The topological polar surface area (TPSA) is 4.93 Å². The van der Waals surface area contributed by atoms with Crippen LogP contribution in [0.1, 0.15) is 66.6 Å². The molecular weight excluding hydrogens is 819 g/mol. The summed E-state index contributed by atoms with van der Waals surface area (Å²) >= 11 is 0. The summed E-state index contributed by atoms with van der Waals surface area (Å²) in [6, 6.07) is 77.2. The Hall–Kier alpha value is -8.00. The van der Waals surface area contributed by atoms with Crippen LogP contribution in [0.15, 0.2) is 206 Å². The fraction of sp³-hybridized carbons (Fsp3) is 0.104. The maximum Gasteiger partial charge on any atom is 0.0541 e. The highest BCUT2D eigenvalue weighted by Crippen LogP contribution is 2.57. The van der Waals surface area contributed by atoms with E-state index in [1.807, 2.05) is 0 Å². The van der Waals surface area contributed by atoms with Gasteiger partial charge in [-0.05, 0) is 161 Å². The molecule has 0 fully saturated rings. The van der Waals surface area contributed by atoms with Crippen LogP contribution in [-0.4, -0.2) is 4.57 Å². The van der Waals surface area contributed by atoms with Crippen LogP contribution < -0.4 is 0 Å². The average Bonchev–Trinajstić information content (AvgIpc) is 3.91. The fourth-order valence-corrected chi connectivity index (χ4v) is 11.6. The van der Waals surface area contributed by atoms with Crippen LogP contribution in [0.4, 0.5) is 0 Å². The van der Waals surface area contributed by atoms with E-state index < -0.39 is 0 Å². The molecule has 0 radical (unpaired) electrons. The summed E-state index contributed by atoms with van der Waals surface area (Å²) in [6.45, 7) is 11.8. The third-order valence-electron chi connectivity index (χ3n) is 15.5.